The third-order valence-electron chi connectivity index (χ3n) is 1.97. The third-order valence-corrected chi connectivity index (χ3v) is 3.00. The highest BCUT2D eigenvalue weighted by molar-refractivity contribution is 7.10. The lowest BCUT2D eigenvalue weighted by molar-refractivity contribution is 0.190. The van der Waals surface area contributed by atoms with Gasteiger partial charge in [0.1, 0.15) is 0 Å². The van der Waals surface area contributed by atoms with Crippen molar-refractivity contribution in [1.82, 2.24) is 0 Å². The molecule has 1 N–H and O–H groups in total. The summed E-state index contributed by atoms with van der Waals surface area (Å²) in [4.78, 5) is 1.35. The molecule has 0 saturated heterocycles. The van der Waals surface area contributed by atoms with Gasteiger partial charge in [0, 0.05) is 18.0 Å². The van der Waals surface area contributed by atoms with Crippen LogP contribution in [0.15, 0.2) is 5.38 Å². The molecule has 0 aliphatic rings. The van der Waals surface area contributed by atoms with Crippen molar-refractivity contribution in [3.05, 3.63) is 15.8 Å². The van der Waals surface area contributed by atoms with Gasteiger partial charge in [0.15, 0.2) is 0 Å². The Morgan fingerprint density at radius 1 is 1.54 bits per heavy atom. The van der Waals surface area contributed by atoms with Gasteiger partial charge in [-0.1, -0.05) is 0 Å². The van der Waals surface area contributed by atoms with Crippen LogP contribution in [0.1, 0.15) is 17.4 Å². The highest BCUT2D eigenvalue weighted by Gasteiger charge is 2.07. The number of rotatable bonds is 4. The normalized spacial score (nSPS) is 12.9. The highest BCUT2D eigenvalue weighted by Crippen LogP contribution is 2.26. The quantitative estimate of drug-likeness (QED) is 0.805. The largest absolute Gasteiger partial charge is 0.383 e. The van der Waals surface area contributed by atoms with Crippen LogP contribution in [0.3, 0.4) is 0 Å². The van der Waals surface area contributed by atoms with Gasteiger partial charge < -0.3 is 10.1 Å². The van der Waals surface area contributed by atoms with E-state index in [1.807, 2.05) is 0 Å². The Balaban J connectivity index is 2.62. The first-order valence-electron chi connectivity index (χ1n) is 4.45. The van der Waals surface area contributed by atoms with E-state index in [1.54, 1.807) is 18.4 Å². The summed E-state index contributed by atoms with van der Waals surface area (Å²) >= 11 is 1.79. The first-order valence-corrected chi connectivity index (χ1v) is 5.33. The predicted octanol–water partition coefficient (Wildman–Crippen LogP) is 2.81. The summed E-state index contributed by atoms with van der Waals surface area (Å²) in [6, 6.07) is 0.372. The maximum absolute atomic E-state index is 5.07. The fourth-order valence-electron chi connectivity index (χ4n) is 1.33. The molecule has 0 spiro atoms. The number of anilines is 1. The molecule has 2 nitrogen and oxygen atoms in total. The van der Waals surface area contributed by atoms with Crippen molar-refractivity contribution >= 4 is 17.0 Å². The van der Waals surface area contributed by atoms with Crippen molar-refractivity contribution in [3.63, 3.8) is 0 Å². The van der Waals surface area contributed by atoms with E-state index in [2.05, 4.69) is 31.5 Å². The van der Waals surface area contributed by atoms with Crippen molar-refractivity contribution < 1.29 is 4.74 Å². The van der Waals surface area contributed by atoms with Crippen LogP contribution < -0.4 is 5.32 Å². The van der Waals surface area contributed by atoms with Crippen molar-refractivity contribution in [2.45, 2.75) is 26.8 Å². The van der Waals surface area contributed by atoms with Gasteiger partial charge in [0.05, 0.1) is 12.3 Å². The molecule has 0 radical (unpaired) electrons. The monoisotopic (exact) mass is 199 g/mol. The van der Waals surface area contributed by atoms with Gasteiger partial charge in [0.25, 0.3) is 0 Å². The van der Waals surface area contributed by atoms with E-state index in [9.17, 15) is 0 Å². The molecule has 1 aromatic rings. The van der Waals surface area contributed by atoms with Crippen molar-refractivity contribution in [2.24, 2.45) is 0 Å². The number of nitrogens with one attached hydrogen (secondary N) is 1. The van der Waals surface area contributed by atoms with E-state index in [1.165, 1.54) is 16.1 Å². The average molecular weight is 199 g/mol. The minimum absolute atomic E-state index is 0.372. The maximum atomic E-state index is 5.07. The zero-order valence-electron chi connectivity index (χ0n) is 8.68. The molecule has 1 rings (SSSR count). The molecule has 3 heteroatoms. The van der Waals surface area contributed by atoms with E-state index in [0.29, 0.717) is 6.04 Å². The molecule has 1 unspecified atom stereocenters. The zero-order chi connectivity index (χ0) is 9.84. The molecule has 0 bridgehead atoms. The Bertz CT molecular complexity index is 250. The van der Waals surface area contributed by atoms with Gasteiger partial charge in [-0.25, -0.2) is 0 Å². The van der Waals surface area contributed by atoms with Crippen LogP contribution in [0, 0.1) is 13.8 Å². The van der Waals surface area contributed by atoms with E-state index >= 15 is 0 Å². The predicted molar refractivity (Wildman–Crippen MR) is 58.8 cm³/mol. The molecule has 74 valence electrons. The van der Waals surface area contributed by atoms with Gasteiger partial charge in [-0.3, -0.25) is 0 Å². The van der Waals surface area contributed by atoms with E-state index in [0.717, 1.165) is 6.61 Å². The Labute approximate surface area is 83.9 Å². The van der Waals surface area contributed by atoms with Gasteiger partial charge >= 0.3 is 0 Å². The Morgan fingerprint density at radius 2 is 2.23 bits per heavy atom. The lowest BCUT2D eigenvalue weighted by Crippen LogP contribution is -2.21. The van der Waals surface area contributed by atoms with E-state index in [4.69, 9.17) is 4.74 Å². The molecule has 1 atom stereocenters. The molecule has 1 heterocycles. The molecule has 0 saturated carbocycles. The second-order valence-electron chi connectivity index (χ2n) is 3.35. The summed E-state index contributed by atoms with van der Waals surface area (Å²) in [6.07, 6.45) is 0. The molecule has 0 fully saturated rings. The van der Waals surface area contributed by atoms with Crippen LogP contribution in [-0.4, -0.2) is 19.8 Å². The summed E-state index contributed by atoms with van der Waals surface area (Å²) < 4.78 is 5.07. The summed E-state index contributed by atoms with van der Waals surface area (Å²) in [7, 11) is 1.73. The molecule has 0 aromatic carbocycles. The van der Waals surface area contributed by atoms with Crippen LogP contribution in [0.2, 0.25) is 0 Å². The first-order chi connectivity index (χ1) is 6.15. The number of hydrogen-bond donors (Lipinski definition) is 1. The molecular formula is C10H17NOS. The minimum Gasteiger partial charge on any atom is -0.383 e. The van der Waals surface area contributed by atoms with Gasteiger partial charge in [-0.2, -0.15) is 0 Å². The Hall–Kier alpha value is -0.540. The van der Waals surface area contributed by atoms with Crippen LogP contribution in [-0.2, 0) is 4.74 Å². The number of methoxy groups -OCH3 is 1. The Morgan fingerprint density at radius 3 is 2.69 bits per heavy atom. The summed E-state index contributed by atoms with van der Waals surface area (Å²) in [5.74, 6) is 0. The standard InChI is InChI=1S/C10H17NOS/c1-7-6-13-9(3)10(7)11-8(2)5-12-4/h6,8,11H,5H2,1-4H3. The van der Waals surface area contributed by atoms with Crippen LogP contribution in [0.5, 0.6) is 0 Å². The fourth-order valence-corrected chi connectivity index (χ4v) is 2.13. The maximum Gasteiger partial charge on any atom is 0.0661 e. The first kappa shape index (κ1) is 10.5. The average Bonchev–Trinajstić information content (AvgIpc) is 2.36. The SMILES string of the molecule is COCC(C)Nc1c(C)csc1C. The highest BCUT2D eigenvalue weighted by atomic mass is 32.1. The van der Waals surface area contributed by atoms with E-state index in [-0.39, 0.29) is 0 Å². The summed E-state index contributed by atoms with van der Waals surface area (Å²) in [6.45, 7) is 7.14. The van der Waals surface area contributed by atoms with Gasteiger partial charge in [-0.15, -0.1) is 11.3 Å². The molecular weight excluding hydrogens is 182 g/mol. The summed E-state index contributed by atoms with van der Waals surface area (Å²) in [5.41, 5.74) is 2.60. The second-order valence-corrected chi connectivity index (χ2v) is 4.43. The van der Waals surface area contributed by atoms with Crippen LogP contribution >= 0.6 is 11.3 Å². The second kappa shape index (κ2) is 4.63. The van der Waals surface area contributed by atoms with Crippen LogP contribution in [0.25, 0.3) is 0 Å². The van der Waals surface area contributed by atoms with Crippen molar-refractivity contribution in [1.29, 1.82) is 0 Å². The molecule has 13 heavy (non-hydrogen) atoms. The smallest absolute Gasteiger partial charge is 0.0661 e. The minimum atomic E-state index is 0.372. The molecule has 0 aliphatic carbocycles. The number of ether oxygens (including phenoxy) is 1. The van der Waals surface area contributed by atoms with E-state index < -0.39 is 0 Å². The fraction of sp³-hybridized carbons (Fsp3) is 0.600. The molecule has 1 aromatic heterocycles. The van der Waals surface area contributed by atoms with Crippen molar-refractivity contribution in [2.75, 3.05) is 19.0 Å². The molecule has 0 aliphatic heterocycles. The lowest BCUT2D eigenvalue weighted by atomic mass is 10.2. The number of hydrogen-bond acceptors (Lipinski definition) is 3. The number of aryl methyl sites for hydroxylation is 2. The lowest BCUT2D eigenvalue weighted by Gasteiger charge is -2.14. The van der Waals surface area contributed by atoms with Crippen molar-refractivity contribution in [3.8, 4) is 0 Å². The summed E-state index contributed by atoms with van der Waals surface area (Å²) in [5, 5.41) is 5.62. The van der Waals surface area contributed by atoms with Gasteiger partial charge in [-0.05, 0) is 31.7 Å². The zero-order valence-corrected chi connectivity index (χ0v) is 9.49. The Kier molecular flexibility index (Phi) is 3.75. The third kappa shape index (κ3) is 2.71. The number of thiophene rings is 1. The van der Waals surface area contributed by atoms with Crippen LogP contribution in [0.4, 0.5) is 5.69 Å². The van der Waals surface area contributed by atoms with Gasteiger partial charge in [0.2, 0.25) is 0 Å². The topological polar surface area (TPSA) is 21.3 Å². The molecule has 0 amide bonds.